The van der Waals surface area contributed by atoms with Crippen LogP contribution >= 0.6 is 12.2 Å². The molecule has 3 aromatic rings. The van der Waals surface area contributed by atoms with Gasteiger partial charge in [0.15, 0.2) is 5.11 Å². The van der Waals surface area contributed by atoms with Crippen molar-refractivity contribution in [2.45, 2.75) is 6.92 Å². The van der Waals surface area contributed by atoms with Crippen molar-refractivity contribution >= 4 is 34.9 Å². The van der Waals surface area contributed by atoms with Crippen LogP contribution < -0.4 is 21.2 Å². The Labute approximate surface area is 175 Å². The molecule has 7 nitrogen and oxygen atoms in total. The van der Waals surface area contributed by atoms with Crippen molar-refractivity contribution in [3.8, 4) is 5.69 Å². The van der Waals surface area contributed by atoms with Gasteiger partial charge in [0.25, 0.3) is 5.56 Å². The number of benzene rings is 2. The van der Waals surface area contributed by atoms with Gasteiger partial charge in [-0.2, -0.15) is 5.10 Å². The van der Waals surface area contributed by atoms with E-state index in [0.717, 1.165) is 22.6 Å². The molecular weight excluding hydrogens is 384 g/mol. The number of hydrogen-bond acceptors (Lipinski definition) is 4. The molecule has 8 heteroatoms. The van der Waals surface area contributed by atoms with Gasteiger partial charge in [-0.3, -0.25) is 14.9 Å². The van der Waals surface area contributed by atoms with Crippen molar-refractivity contribution < 1.29 is 0 Å². The van der Waals surface area contributed by atoms with Crippen molar-refractivity contribution in [3.63, 3.8) is 0 Å². The van der Waals surface area contributed by atoms with Gasteiger partial charge in [-0.05, 0) is 49.0 Å². The zero-order valence-corrected chi connectivity index (χ0v) is 17.7. The monoisotopic (exact) mass is 408 g/mol. The third-order valence-electron chi connectivity index (χ3n) is 4.58. The molecule has 29 heavy (non-hydrogen) atoms. The Morgan fingerprint density at radius 3 is 2.38 bits per heavy atom. The average molecular weight is 409 g/mol. The molecule has 0 radical (unpaired) electrons. The lowest BCUT2D eigenvalue weighted by atomic mass is 10.2. The Morgan fingerprint density at radius 2 is 1.76 bits per heavy atom. The third kappa shape index (κ3) is 4.55. The van der Waals surface area contributed by atoms with Crippen molar-refractivity contribution in [2.75, 3.05) is 24.3 Å². The Morgan fingerprint density at radius 1 is 1.10 bits per heavy atom. The molecule has 2 aromatic carbocycles. The maximum atomic E-state index is 12.9. The van der Waals surface area contributed by atoms with Crippen LogP contribution in [-0.2, 0) is 7.05 Å². The number of rotatable bonds is 5. The maximum absolute atomic E-state index is 12.9. The molecule has 3 rings (SSSR count). The summed E-state index contributed by atoms with van der Waals surface area (Å²) in [6, 6.07) is 17.4. The predicted octanol–water partition coefficient (Wildman–Crippen LogP) is 2.87. The average Bonchev–Trinajstić information content (AvgIpc) is 2.92. The molecule has 1 heterocycles. The Balaban J connectivity index is 1.70. The number of para-hydroxylation sites is 1. The first kappa shape index (κ1) is 20.3. The van der Waals surface area contributed by atoms with Crippen LogP contribution in [0.5, 0.6) is 0 Å². The lowest BCUT2D eigenvalue weighted by Gasteiger charge is -2.11. The SMILES string of the molecule is Cc1c(NC(=S)N/N=C\c2ccc(N(C)C)cc2)c(=O)n(-c2ccccc2)n1C. The van der Waals surface area contributed by atoms with Gasteiger partial charge in [0.05, 0.1) is 17.6 Å². The first-order valence-corrected chi connectivity index (χ1v) is 9.51. The molecule has 1 aromatic heterocycles. The van der Waals surface area contributed by atoms with Crippen molar-refractivity contribution in [1.29, 1.82) is 0 Å². The molecule has 0 unspecified atom stereocenters. The standard InChI is InChI=1S/C21H24N6OS/c1-15-19(20(28)27(26(15)4)18-8-6-5-7-9-18)23-21(29)24-22-14-16-10-12-17(13-11-16)25(2)3/h5-14H,1-4H3,(H2,23,24,29)/b22-14-. The summed E-state index contributed by atoms with van der Waals surface area (Å²) >= 11 is 5.29. The Hall–Kier alpha value is -3.39. The van der Waals surface area contributed by atoms with Crippen LogP contribution in [0.25, 0.3) is 5.69 Å². The molecule has 0 aliphatic rings. The first-order chi connectivity index (χ1) is 13.9. The van der Waals surface area contributed by atoms with Crippen LogP contribution in [0.1, 0.15) is 11.3 Å². The van der Waals surface area contributed by atoms with E-state index in [1.807, 2.05) is 87.6 Å². The topological polar surface area (TPSA) is 66.6 Å². The van der Waals surface area contributed by atoms with Gasteiger partial charge in [-0.1, -0.05) is 30.3 Å². The van der Waals surface area contributed by atoms with Crippen LogP contribution in [0.2, 0.25) is 0 Å². The summed E-state index contributed by atoms with van der Waals surface area (Å²) in [7, 11) is 5.82. The van der Waals surface area contributed by atoms with E-state index in [1.54, 1.807) is 15.6 Å². The Bertz CT molecular complexity index is 1080. The quantitative estimate of drug-likeness (QED) is 0.386. The minimum absolute atomic E-state index is 0.177. The van der Waals surface area contributed by atoms with Gasteiger partial charge >= 0.3 is 0 Å². The Kier molecular flexibility index (Phi) is 6.13. The minimum Gasteiger partial charge on any atom is -0.378 e. The smallest absolute Gasteiger partial charge is 0.295 e. The van der Waals surface area contributed by atoms with E-state index in [9.17, 15) is 4.79 Å². The minimum atomic E-state index is -0.177. The zero-order chi connectivity index (χ0) is 21.0. The largest absolute Gasteiger partial charge is 0.378 e. The molecule has 0 amide bonds. The van der Waals surface area contributed by atoms with E-state index in [-0.39, 0.29) is 10.7 Å². The van der Waals surface area contributed by atoms with Crippen molar-refractivity contribution in [1.82, 2.24) is 14.8 Å². The number of anilines is 2. The van der Waals surface area contributed by atoms with Crippen LogP contribution in [0.15, 0.2) is 64.5 Å². The number of thiocarbonyl (C=S) groups is 1. The highest BCUT2D eigenvalue weighted by molar-refractivity contribution is 7.80. The van der Waals surface area contributed by atoms with Gasteiger partial charge in [-0.25, -0.2) is 4.68 Å². The fourth-order valence-electron chi connectivity index (χ4n) is 2.88. The number of nitrogens with one attached hydrogen (secondary N) is 2. The fourth-order valence-corrected chi connectivity index (χ4v) is 3.03. The summed E-state index contributed by atoms with van der Waals surface area (Å²) in [5.41, 5.74) is 6.61. The molecule has 0 saturated heterocycles. The van der Waals surface area contributed by atoms with Crippen LogP contribution in [0, 0.1) is 6.92 Å². The van der Waals surface area contributed by atoms with Gasteiger partial charge in [0, 0.05) is 26.8 Å². The van der Waals surface area contributed by atoms with Gasteiger partial charge in [-0.15, -0.1) is 0 Å². The third-order valence-corrected chi connectivity index (χ3v) is 4.78. The molecule has 0 aliphatic heterocycles. The molecule has 0 atom stereocenters. The van der Waals surface area contributed by atoms with Crippen LogP contribution in [0.3, 0.4) is 0 Å². The molecule has 0 aliphatic carbocycles. The van der Waals surface area contributed by atoms with E-state index < -0.39 is 0 Å². The van der Waals surface area contributed by atoms with Crippen molar-refractivity contribution in [3.05, 3.63) is 76.2 Å². The normalized spacial score (nSPS) is 10.9. The highest BCUT2D eigenvalue weighted by atomic mass is 32.1. The van der Waals surface area contributed by atoms with Gasteiger partial charge in [0.2, 0.25) is 0 Å². The second-order valence-electron chi connectivity index (χ2n) is 6.75. The molecule has 150 valence electrons. The number of aromatic nitrogens is 2. The second-order valence-corrected chi connectivity index (χ2v) is 7.15. The number of hydrazone groups is 1. The van der Waals surface area contributed by atoms with E-state index >= 15 is 0 Å². The highest BCUT2D eigenvalue weighted by Gasteiger charge is 2.16. The zero-order valence-electron chi connectivity index (χ0n) is 16.9. The molecule has 0 saturated carbocycles. The highest BCUT2D eigenvalue weighted by Crippen LogP contribution is 2.14. The van der Waals surface area contributed by atoms with E-state index in [4.69, 9.17) is 12.2 Å². The van der Waals surface area contributed by atoms with Crippen LogP contribution in [0.4, 0.5) is 11.4 Å². The van der Waals surface area contributed by atoms with Gasteiger partial charge in [0.1, 0.15) is 5.69 Å². The van der Waals surface area contributed by atoms with Crippen molar-refractivity contribution in [2.24, 2.45) is 12.1 Å². The summed E-state index contributed by atoms with van der Waals surface area (Å²) in [6.07, 6.45) is 1.67. The number of nitrogens with zero attached hydrogens (tertiary/aromatic N) is 4. The molecule has 2 N–H and O–H groups in total. The lowest BCUT2D eigenvalue weighted by Crippen LogP contribution is -2.28. The predicted molar refractivity (Wildman–Crippen MR) is 123 cm³/mol. The summed E-state index contributed by atoms with van der Waals surface area (Å²) < 4.78 is 3.38. The summed E-state index contributed by atoms with van der Waals surface area (Å²) in [6.45, 7) is 1.86. The van der Waals surface area contributed by atoms with E-state index in [0.29, 0.717) is 5.69 Å². The summed E-state index contributed by atoms with van der Waals surface area (Å²) in [4.78, 5) is 14.9. The summed E-state index contributed by atoms with van der Waals surface area (Å²) in [5, 5.41) is 7.36. The molecular formula is C21H24N6OS. The molecule has 0 spiro atoms. The lowest BCUT2D eigenvalue weighted by molar-refractivity contribution is 0.630. The fraction of sp³-hybridized carbons (Fsp3) is 0.190. The van der Waals surface area contributed by atoms with Gasteiger partial charge < -0.3 is 10.2 Å². The second kappa shape index (κ2) is 8.74. The maximum Gasteiger partial charge on any atom is 0.295 e. The summed E-state index contributed by atoms with van der Waals surface area (Å²) in [5.74, 6) is 0. The van der Waals surface area contributed by atoms with E-state index in [1.165, 1.54) is 0 Å². The molecule has 0 fully saturated rings. The number of hydrogen-bond donors (Lipinski definition) is 2. The van der Waals surface area contributed by atoms with E-state index in [2.05, 4.69) is 15.8 Å². The first-order valence-electron chi connectivity index (χ1n) is 9.10. The molecule has 0 bridgehead atoms. The van der Waals surface area contributed by atoms with Crippen LogP contribution in [-0.4, -0.2) is 34.8 Å².